The molecule has 1 fully saturated rings. The number of hydrogen-bond donors (Lipinski definition) is 2. The van der Waals surface area contributed by atoms with Gasteiger partial charge in [-0.25, -0.2) is 4.79 Å². The smallest absolute Gasteiger partial charge is 0.338 e. The molecule has 29 heavy (non-hydrogen) atoms. The van der Waals surface area contributed by atoms with E-state index in [9.17, 15) is 9.59 Å². The molecule has 1 atom stereocenters. The van der Waals surface area contributed by atoms with Gasteiger partial charge in [-0.1, -0.05) is 6.07 Å². The second kappa shape index (κ2) is 7.37. The topological polar surface area (TPSA) is 105 Å². The Morgan fingerprint density at radius 3 is 2.76 bits per heavy atom. The molecule has 1 aromatic heterocycles. The van der Waals surface area contributed by atoms with E-state index < -0.39 is 11.9 Å². The predicted molar refractivity (Wildman–Crippen MR) is 111 cm³/mol. The fourth-order valence-corrected chi connectivity index (χ4v) is 4.78. The van der Waals surface area contributed by atoms with Gasteiger partial charge < -0.3 is 15.8 Å². The molecule has 1 aliphatic carbocycles. The minimum atomic E-state index is -0.609. The summed E-state index contributed by atoms with van der Waals surface area (Å²) in [7, 11) is 0. The third-order valence-electron chi connectivity index (χ3n) is 5.39. The van der Waals surface area contributed by atoms with Crippen LogP contribution >= 0.6 is 11.3 Å². The van der Waals surface area contributed by atoms with Crippen molar-refractivity contribution in [3.8, 4) is 6.07 Å². The van der Waals surface area contributed by atoms with Gasteiger partial charge in [0.1, 0.15) is 5.82 Å². The lowest BCUT2D eigenvalue weighted by molar-refractivity contribution is -0.139. The minimum Gasteiger partial charge on any atom is -0.462 e. The number of fused-ring (bicyclic) bond motifs is 1. The van der Waals surface area contributed by atoms with Crippen molar-refractivity contribution < 1.29 is 14.3 Å². The van der Waals surface area contributed by atoms with E-state index in [0.717, 1.165) is 28.5 Å². The Hall–Kier alpha value is -3.11. The summed E-state index contributed by atoms with van der Waals surface area (Å²) in [6, 6.07) is 7.55. The Balaban J connectivity index is 1.84. The highest BCUT2D eigenvalue weighted by molar-refractivity contribution is 7.17. The van der Waals surface area contributed by atoms with Crippen LogP contribution in [-0.2, 0) is 14.3 Å². The van der Waals surface area contributed by atoms with Gasteiger partial charge in [0.25, 0.3) is 0 Å². The van der Waals surface area contributed by atoms with Gasteiger partial charge in [0.2, 0.25) is 0 Å². The van der Waals surface area contributed by atoms with E-state index in [-0.39, 0.29) is 17.2 Å². The van der Waals surface area contributed by atoms with E-state index in [1.807, 2.05) is 17.5 Å². The molecule has 1 aliphatic heterocycles. The minimum absolute atomic E-state index is 0.131. The fourth-order valence-electron chi connectivity index (χ4n) is 3.76. The molecule has 0 radical (unpaired) electrons. The molecule has 1 unspecified atom stereocenters. The number of carbonyl (C=O) groups is 2. The van der Waals surface area contributed by atoms with Crippen LogP contribution in [0.1, 0.15) is 43.7 Å². The summed E-state index contributed by atoms with van der Waals surface area (Å²) in [5.41, 5.74) is 9.01. The zero-order valence-corrected chi connectivity index (χ0v) is 17.1. The molecular formula is C22H21N3O3S. The van der Waals surface area contributed by atoms with Crippen LogP contribution in [0.25, 0.3) is 10.1 Å². The molecule has 6 nitrogen and oxygen atoms in total. The van der Waals surface area contributed by atoms with E-state index in [1.165, 1.54) is 18.3 Å². The van der Waals surface area contributed by atoms with E-state index in [2.05, 4.69) is 11.4 Å². The first kappa shape index (κ1) is 19.2. The number of thiophene rings is 1. The zero-order valence-electron chi connectivity index (χ0n) is 16.2. The number of nitrogens with two attached hydrogens (primary N) is 1. The third kappa shape index (κ3) is 3.52. The van der Waals surface area contributed by atoms with Crippen LogP contribution in [0.3, 0.4) is 0 Å². The van der Waals surface area contributed by atoms with Gasteiger partial charge in [0.15, 0.2) is 5.78 Å². The van der Waals surface area contributed by atoms with Crippen molar-refractivity contribution in [1.82, 2.24) is 5.32 Å². The summed E-state index contributed by atoms with van der Waals surface area (Å²) in [5.74, 6) is -0.598. The van der Waals surface area contributed by atoms with Crippen molar-refractivity contribution in [1.29, 1.82) is 5.26 Å². The maximum absolute atomic E-state index is 13.0. The summed E-state index contributed by atoms with van der Waals surface area (Å²) in [6.07, 6.45) is 2.13. The van der Waals surface area contributed by atoms with Crippen molar-refractivity contribution in [3.05, 3.63) is 57.4 Å². The molecule has 0 saturated heterocycles. The van der Waals surface area contributed by atoms with Crippen molar-refractivity contribution >= 4 is 33.2 Å². The molecule has 148 valence electrons. The van der Waals surface area contributed by atoms with Gasteiger partial charge in [-0.3, -0.25) is 4.79 Å². The molecule has 1 aromatic carbocycles. The van der Waals surface area contributed by atoms with Gasteiger partial charge in [-0.2, -0.15) is 5.26 Å². The van der Waals surface area contributed by atoms with Crippen molar-refractivity contribution in [2.75, 3.05) is 6.61 Å². The number of dihydropyridines is 1. The highest BCUT2D eigenvalue weighted by Gasteiger charge is 2.38. The second-order valence-electron chi connectivity index (χ2n) is 7.54. The molecule has 7 heteroatoms. The fraction of sp³-hybridized carbons (Fsp3) is 0.318. The monoisotopic (exact) mass is 407 g/mol. The first-order chi connectivity index (χ1) is 13.9. The number of esters is 1. The number of nitrogens with one attached hydrogen (secondary N) is 1. The predicted octanol–water partition coefficient (Wildman–Crippen LogP) is 3.45. The molecule has 2 aromatic rings. The van der Waals surface area contributed by atoms with Crippen LogP contribution in [0.4, 0.5) is 0 Å². The molecule has 4 rings (SSSR count). The molecule has 3 N–H and O–H groups in total. The highest BCUT2D eigenvalue weighted by atomic mass is 32.1. The van der Waals surface area contributed by atoms with Crippen LogP contribution in [0.2, 0.25) is 0 Å². The van der Waals surface area contributed by atoms with Crippen molar-refractivity contribution in [2.45, 2.75) is 32.6 Å². The Morgan fingerprint density at radius 1 is 1.34 bits per heavy atom. The lowest BCUT2D eigenvalue weighted by Gasteiger charge is -2.29. The standard InChI is InChI=1S/C22H21N3O3S/c1-11-18(12(2)26)19(16-10-29-17-7-14(8-23)5-6-15(16)17)20(21(24)25-11)22(27)28-9-13-3-4-13/h5-7,10,13,19,25H,3-4,9,24H2,1-2H3. The summed E-state index contributed by atoms with van der Waals surface area (Å²) in [4.78, 5) is 25.5. The zero-order chi connectivity index (χ0) is 20.7. The average molecular weight is 407 g/mol. The quantitative estimate of drug-likeness (QED) is 0.736. The number of ketones is 1. The average Bonchev–Trinajstić information content (AvgIpc) is 3.42. The first-order valence-electron chi connectivity index (χ1n) is 9.47. The molecule has 2 aliphatic rings. The lowest BCUT2D eigenvalue weighted by Crippen LogP contribution is -2.35. The number of Topliss-reactive ketones (excluding diaryl/α,β-unsaturated/α-hetero) is 1. The van der Waals surface area contributed by atoms with Crippen molar-refractivity contribution in [2.24, 2.45) is 11.7 Å². The first-order valence-corrected chi connectivity index (χ1v) is 10.4. The van der Waals surface area contributed by atoms with E-state index in [1.54, 1.807) is 13.0 Å². The normalized spacial score (nSPS) is 19.1. The molecule has 0 spiro atoms. The van der Waals surface area contributed by atoms with Crippen LogP contribution in [0, 0.1) is 17.2 Å². The number of nitrogens with zero attached hydrogens (tertiary/aromatic N) is 1. The Bertz CT molecular complexity index is 1130. The highest BCUT2D eigenvalue weighted by Crippen LogP contribution is 2.43. The van der Waals surface area contributed by atoms with Crippen molar-refractivity contribution in [3.63, 3.8) is 0 Å². The number of rotatable bonds is 5. The SMILES string of the molecule is CC(=O)C1=C(C)NC(N)=C(C(=O)OCC2CC2)C1c1csc2cc(C#N)ccc12. The van der Waals surface area contributed by atoms with E-state index in [0.29, 0.717) is 29.4 Å². The van der Waals surface area contributed by atoms with Gasteiger partial charge in [0, 0.05) is 16.0 Å². The van der Waals surface area contributed by atoms with Crippen LogP contribution in [0.15, 0.2) is 46.2 Å². The van der Waals surface area contributed by atoms with E-state index in [4.69, 9.17) is 15.7 Å². The summed E-state index contributed by atoms with van der Waals surface area (Å²) >= 11 is 1.47. The van der Waals surface area contributed by atoms with Crippen LogP contribution in [0.5, 0.6) is 0 Å². The van der Waals surface area contributed by atoms with E-state index >= 15 is 0 Å². The molecular weight excluding hydrogens is 386 g/mol. The number of allylic oxidation sites excluding steroid dienone is 2. The summed E-state index contributed by atoms with van der Waals surface area (Å²) < 4.78 is 6.44. The maximum Gasteiger partial charge on any atom is 0.338 e. The number of ether oxygens (including phenoxy) is 1. The number of carbonyl (C=O) groups excluding carboxylic acids is 2. The maximum atomic E-state index is 13.0. The van der Waals surface area contributed by atoms with Gasteiger partial charge >= 0.3 is 5.97 Å². The second-order valence-corrected chi connectivity index (χ2v) is 8.45. The molecule has 0 amide bonds. The Kier molecular flexibility index (Phi) is 4.89. The van der Waals surface area contributed by atoms with Gasteiger partial charge in [-0.15, -0.1) is 11.3 Å². The number of nitriles is 1. The molecule has 0 bridgehead atoms. The van der Waals surface area contributed by atoms with Crippen LogP contribution < -0.4 is 11.1 Å². The number of benzene rings is 1. The Labute approximate surface area is 172 Å². The van der Waals surface area contributed by atoms with Gasteiger partial charge in [0.05, 0.1) is 29.7 Å². The largest absolute Gasteiger partial charge is 0.462 e. The number of hydrogen-bond acceptors (Lipinski definition) is 7. The third-order valence-corrected chi connectivity index (χ3v) is 6.35. The summed E-state index contributed by atoms with van der Waals surface area (Å²) in [6.45, 7) is 3.64. The van der Waals surface area contributed by atoms with Crippen LogP contribution in [-0.4, -0.2) is 18.4 Å². The molecule has 1 saturated carbocycles. The Morgan fingerprint density at radius 2 is 2.10 bits per heavy atom. The lowest BCUT2D eigenvalue weighted by atomic mass is 9.79. The van der Waals surface area contributed by atoms with Gasteiger partial charge in [-0.05, 0) is 61.1 Å². The molecule has 2 heterocycles. The summed E-state index contributed by atoms with van der Waals surface area (Å²) in [5, 5.41) is 15.0.